The van der Waals surface area contributed by atoms with Gasteiger partial charge in [-0.2, -0.15) is 5.26 Å². The monoisotopic (exact) mass is 500 g/mol. The van der Waals surface area contributed by atoms with Gasteiger partial charge in [0.15, 0.2) is 0 Å². The lowest BCUT2D eigenvalue weighted by molar-refractivity contribution is -0.112. The van der Waals surface area contributed by atoms with Crippen LogP contribution in [0.3, 0.4) is 0 Å². The molecule has 0 aliphatic carbocycles. The van der Waals surface area contributed by atoms with Gasteiger partial charge in [-0.05, 0) is 54.1 Å². The highest BCUT2D eigenvalue weighted by Gasteiger charge is 2.13. The van der Waals surface area contributed by atoms with Crippen molar-refractivity contribution in [1.29, 1.82) is 5.26 Å². The first-order valence-corrected chi connectivity index (χ1v) is 10.4. The number of halogens is 3. The average molecular weight is 502 g/mol. The van der Waals surface area contributed by atoms with Crippen LogP contribution in [-0.4, -0.2) is 5.91 Å². The third-order valence-corrected chi connectivity index (χ3v) is 5.16. The summed E-state index contributed by atoms with van der Waals surface area (Å²) < 4.78 is 6.88. The number of carbonyl (C=O) groups is 1. The number of benzene rings is 3. The minimum Gasteiger partial charge on any atom is -0.488 e. The Morgan fingerprint density at radius 1 is 1.10 bits per heavy atom. The molecule has 1 N–H and O–H groups in total. The Balaban J connectivity index is 1.83. The third-order valence-electron chi connectivity index (χ3n) is 4.07. The molecule has 0 unspecified atom stereocenters. The summed E-state index contributed by atoms with van der Waals surface area (Å²) >= 11 is 15.6. The van der Waals surface area contributed by atoms with E-state index in [-0.39, 0.29) is 5.57 Å². The van der Waals surface area contributed by atoms with Crippen molar-refractivity contribution in [2.75, 3.05) is 5.32 Å². The fourth-order valence-corrected chi connectivity index (χ4v) is 3.19. The molecule has 0 saturated carbocycles. The summed E-state index contributed by atoms with van der Waals surface area (Å²) in [6.45, 7) is 0.323. The largest absolute Gasteiger partial charge is 0.488 e. The summed E-state index contributed by atoms with van der Waals surface area (Å²) in [5.41, 5.74) is 1.80. The summed E-state index contributed by atoms with van der Waals surface area (Å²) in [5, 5.41) is 13.0. The van der Waals surface area contributed by atoms with Crippen LogP contribution >= 0.6 is 39.1 Å². The second kappa shape index (κ2) is 10.3. The van der Waals surface area contributed by atoms with Crippen LogP contribution < -0.4 is 10.1 Å². The molecule has 3 rings (SSSR count). The topological polar surface area (TPSA) is 62.1 Å². The molecule has 0 radical (unpaired) electrons. The average Bonchev–Trinajstić information content (AvgIpc) is 2.74. The van der Waals surface area contributed by atoms with Crippen molar-refractivity contribution in [3.63, 3.8) is 0 Å². The smallest absolute Gasteiger partial charge is 0.266 e. The van der Waals surface area contributed by atoms with Gasteiger partial charge in [0.1, 0.15) is 24.0 Å². The standard InChI is InChI=1S/C23H15BrCl2N2O2/c24-18-7-5-15(6-8-18)14-30-22-10-9-19(25)12-16(22)11-17(13-27)23(29)28-21-4-2-1-3-20(21)26/h1-12H,14H2,(H,28,29)/b17-11+. The van der Waals surface area contributed by atoms with Crippen LogP contribution in [0.25, 0.3) is 6.08 Å². The van der Waals surface area contributed by atoms with E-state index in [0.29, 0.717) is 33.7 Å². The van der Waals surface area contributed by atoms with Crippen LogP contribution in [0, 0.1) is 11.3 Å². The maximum absolute atomic E-state index is 12.6. The number of anilines is 1. The molecule has 0 aliphatic rings. The highest BCUT2D eigenvalue weighted by Crippen LogP contribution is 2.27. The summed E-state index contributed by atoms with van der Waals surface area (Å²) in [6.07, 6.45) is 1.44. The number of nitrogens with zero attached hydrogens (tertiary/aromatic N) is 1. The third kappa shape index (κ3) is 5.87. The zero-order valence-corrected chi connectivity index (χ0v) is 18.6. The van der Waals surface area contributed by atoms with Gasteiger partial charge in [0.25, 0.3) is 5.91 Å². The molecule has 0 spiro atoms. The molecule has 30 heavy (non-hydrogen) atoms. The fraction of sp³-hybridized carbons (Fsp3) is 0.0435. The minimum absolute atomic E-state index is 0.106. The quantitative estimate of drug-likeness (QED) is 0.295. The van der Waals surface area contributed by atoms with Crippen molar-refractivity contribution < 1.29 is 9.53 Å². The Labute approximate surface area is 192 Å². The van der Waals surface area contributed by atoms with Gasteiger partial charge in [-0.25, -0.2) is 0 Å². The maximum atomic E-state index is 12.6. The van der Waals surface area contributed by atoms with Crippen LogP contribution in [0.4, 0.5) is 5.69 Å². The number of hydrogen-bond acceptors (Lipinski definition) is 3. The Hall–Kier alpha value is -2.78. The first kappa shape index (κ1) is 21.9. The van der Waals surface area contributed by atoms with Gasteiger partial charge in [0.2, 0.25) is 0 Å². The molecule has 0 bridgehead atoms. The zero-order valence-electron chi connectivity index (χ0n) is 15.5. The molecule has 7 heteroatoms. The highest BCUT2D eigenvalue weighted by atomic mass is 79.9. The molecule has 0 heterocycles. The number of ether oxygens (including phenoxy) is 1. The van der Waals surface area contributed by atoms with Crippen LogP contribution in [-0.2, 0) is 11.4 Å². The van der Waals surface area contributed by atoms with E-state index in [2.05, 4.69) is 21.2 Å². The predicted molar refractivity (Wildman–Crippen MR) is 124 cm³/mol. The summed E-state index contributed by atoms with van der Waals surface area (Å²) in [7, 11) is 0. The summed E-state index contributed by atoms with van der Waals surface area (Å²) in [6, 6.07) is 21.5. The van der Waals surface area contributed by atoms with Crippen molar-refractivity contribution in [2.24, 2.45) is 0 Å². The Morgan fingerprint density at radius 2 is 1.83 bits per heavy atom. The first-order chi connectivity index (χ1) is 14.5. The normalized spacial score (nSPS) is 10.9. The van der Waals surface area contributed by atoms with Crippen LogP contribution in [0.2, 0.25) is 10.0 Å². The van der Waals surface area contributed by atoms with E-state index >= 15 is 0 Å². The van der Waals surface area contributed by atoms with E-state index in [1.165, 1.54) is 6.08 Å². The van der Waals surface area contributed by atoms with Gasteiger partial charge in [-0.15, -0.1) is 0 Å². The fourth-order valence-electron chi connectivity index (χ4n) is 2.56. The van der Waals surface area contributed by atoms with Gasteiger partial charge in [-0.1, -0.05) is 63.4 Å². The molecule has 150 valence electrons. The molecule has 3 aromatic rings. The summed E-state index contributed by atoms with van der Waals surface area (Å²) in [5.74, 6) is -0.0787. The minimum atomic E-state index is -0.579. The molecule has 1 amide bonds. The molecule has 4 nitrogen and oxygen atoms in total. The number of rotatable bonds is 6. The number of nitriles is 1. The molecule has 3 aromatic carbocycles. The molecule has 0 fully saturated rings. The van der Waals surface area contributed by atoms with Gasteiger partial charge < -0.3 is 10.1 Å². The van der Waals surface area contributed by atoms with E-state index in [1.807, 2.05) is 30.3 Å². The van der Waals surface area contributed by atoms with E-state index in [1.54, 1.807) is 42.5 Å². The van der Waals surface area contributed by atoms with Crippen molar-refractivity contribution in [3.8, 4) is 11.8 Å². The Kier molecular flexibility index (Phi) is 7.53. The lowest BCUT2D eigenvalue weighted by Gasteiger charge is -2.11. The number of carbonyl (C=O) groups excluding carboxylic acids is 1. The van der Waals surface area contributed by atoms with Crippen molar-refractivity contribution >= 4 is 56.8 Å². The van der Waals surface area contributed by atoms with E-state index < -0.39 is 5.91 Å². The van der Waals surface area contributed by atoms with E-state index in [0.717, 1.165) is 10.0 Å². The first-order valence-electron chi connectivity index (χ1n) is 8.81. The second-order valence-electron chi connectivity index (χ2n) is 6.20. The van der Waals surface area contributed by atoms with Crippen molar-refractivity contribution in [3.05, 3.63) is 97.9 Å². The molecule has 0 aliphatic heterocycles. The molecule has 0 saturated heterocycles. The van der Waals surface area contributed by atoms with Crippen LogP contribution in [0.5, 0.6) is 5.75 Å². The van der Waals surface area contributed by atoms with E-state index in [9.17, 15) is 10.1 Å². The SMILES string of the molecule is N#C/C(=C\c1cc(Cl)ccc1OCc1ccc(Br)cc1)C(=O)Nc1ccccc1Cl. The lowest BCUT2D eigenvalue weighted by atomic mass is 10.1. The second-order valence-corrected chi connectivity index (χ2v) is 7.96. The summed E-state index contributed by atoms with van der Waals surface area (Å²) in [4.78, 5) is 12.6. The maximum Gasteiger partial charge on any atom is 0.266 e. The highest BCUT2D eigenvalue weighted by molar-refractivity contribution is 9.10. The molecule has 0 aromatic heterocycles. The van der Waals surface area contributed by atoms with Crippen molar-refractivity contribution in [2.45, 2.75) is 6.61 Å². The number of nitrogens with one attached hydrogen (secondary N) is 1. The number of hydrogen-bond donors (Lipinski definition) is 1. The molecular formula is C23H15BrCl2N2O2. The van der Waals surface area contributed by atoms with Crippen LogP contribution in [0.15, 0.2) is 76.8 Å². The predicted octanol–water partition coefficient (Wildman–Crippen LogP) is 6.88. The zero-order chi connectivity index (χ0) is 21.5. The van der Waals surface area contributed by atoms with Gasteiger partial charge >= 0.3 is 0 Å². The van der Waals surface area contributed by atoms with Crippen molar-refractivity contribution in [1.82, 2.24) is 0 Å². The van der Waals surface area contributed by atoms with Gasteiger partial charge in [0, 0.05) is 15.1 Å². The van der Waals surface area contributed by atoms with Gasteiger partial charge in [-0.3, -0.25) is 4.79 Å². The molecule has 0 atom stereocenters. The van der Waals surface area contributed by atoms with E-state index in [4.69, 9.17) is 27.9 Å². The number of amides is 1. The molecular weight excluding hydrogens is 487 g/mol. The Bertz CT molecular complexity index is 1140. The Morgan fingerprint density at radius 3 is 2.53 bits per heavy atom. The van der Waals surface area contributed by atoms with Crippen LogP contribution in [0.1, 0.15) is 11.1 Å². The lowest BCUT2D eigenvalue weighted by Crippen LogP contribution is -2.13. The van der Waals surface area contributed by atoms with Gasteiger partial charge in [0.05, 0.1) is 10.7 Å². The number of para-hydroxylation sites is 1.